The number of nitrogens with one attached hydrogen (secondary N) is 1. The van der Waals surface area contributed by atoms with E-state index in [1.54, 1.807) is 24.3 Å². The van der Waals surface area contributed by atoms with Crippen molar-refractivity contribution in [1.82, 2.24) is 5.32 Å². The quantitative estimate of drug-likeness (QED) is 0.343. The molecule has 102 valence electrons. The number of amidine groups is 1. The van der Waals surface area contributed by atoms with Crippen LogP contribution in [0.2, 0.25) is 5.02 Å². The number of nitrogens with zero attached hydrogens (tertiary/aromatic N) is 1. The molecule has 4 N–H and O–H groups in total. The number of nitrogens with two attached hydrogens (primary N) is 1. The topological polar surface area (TPSA) is 87.7 Å². The average Bonchev–Trinajstić information content (AvgIpc) is 2.88. The third kappa shape index (κ3) is 2.81. The normalized spacial score (nSPS) is 18.3. The van der Waals surface area contributed by atoms with E-state index in [0.717, 1.165) is 12.8 Å². The number of oxime groups is 1. The third-order valence-electron chi connectivity index (χ3n) is 3.51. The van der Waals surface area contributed by atoms with Gasteiger partial charge in [0.15, 0.2) is 5.84 Å². The first kappa shape index (κ1) is 13.7. The Morgan fingerprint density at radius 2 is 1.89 bits per heavy atom. The summed E-state index contributed by atoms with van der Waals surface area (Å²) in [6.07, 6.45) is 3.25. The maximum atomic E-state index is 12.2. The summed E-state index contributed by atoms with van der Waals surface area (Å²) in [7, 11) is 0. The van der Waals surface area contributed by atoms with Crippen LogP contribution in [0.25, 0.3) is 0 Å². The van der Waals surface area contributed by atoms with Crippen LogP contribution in [0.4, 0.5) is 0 Å². The van der Waals surface area contributed by atoms with Crippen LogP contribution in [-0.4, -0.2) is 22.5 Å². The molecule has 19 heavy (non-hydrogen) atoms. The predicted octanol–water partition coefficient (Wildman–Crippen LogP) is 2.13. The van der Waals surface area contributed by atoms with E-state index in [9.17, 15) is 4.79 Å². The molecule has 5 nitrogen and oxygen atoms in total. The summed E-state index contributed by atoms with van der Waals surface area (Å²) in [5.41, 5.74) is 5.50. The van der Waals surface area contributed by atoms with Crippen molar-refractivity contribution in [3.8, 4) is 0 Å². The summed E-state index contributed by atoms with van der Waals surface area (Å²) < 4.78 is 0. The molecular weight excluding hydrogens is 266 g/mol. The van der Waals surface area contributed by atoms with Gasteiger partial charge in [-0.3, -0.25) is 4.79 Å². The van der Waals surface area contributed by atoms with Crippen molar-refractivity contribution in [2.45, 2.75) is 31.2 Å². The van der Waals surface area contributed by atoms with Gasteiger partial charge in [0.1, 0.15) is 5.54 Å². The highest BCUT2D eigenvalue weighted by atomic mass is 35.5. The summed E-state index contributed by atoms with van der Waals surface area (Å²) >= 11 is 5.78. The fourth-order valence-corrected chi connectivity index (χ4v) is 2.54. The molecule has 0 unspecified atom stereocenters. The zero-order valence-electron chi connectivity index (χ0n) is 10.4. The molecule has 1 aliphatic carbocycles. The van der Waals surface area contributed by atoms with Gasteiger partial charge in [0, 0.05) is 10.6 Å². The predicted molar refractivity (Wildman–Crippen MR) is 73.5 cm³/mol. The first-order valence-corrected chi connectivity index (χ1v) is 6.51. The SMILES string of the molecule is N/C(=N\O)C1(NC(=O)c2ccc(Cl)cc2)CCCC1. The van der Waals surface area contributed by atoms with E-state index in [-0.39, 0.29) is 11.7 Å². The molecule has 0 atom stereocenters. The Bertz CT molecular complexity index is 493. The molecule has 1 aromatic rings. The molecule has 2 rings (SSSR count). The maximum absolute atomic E-state index is 12.2. The average molecular weight is 282 g/mol. The van der Waals surface area contributed by atoms with Crippen molar-refractivity contribution in [2.75, 3.05) is 0 Å². The number of hydrogen-bond acceptors (Lipinski definition) is 3. The van der Waals surface area contributed by atoms with E-state index in [2.05, 4.69) is 10.5 Å². The number of rotatable bonds is 3. The molecule has 0 aromatic heterocycles. The minimum Gasteiger partial charge on any atom is -0.409 e. The van der Waals surface area contributed by atoms with Gasteiger partial charge in [-0.05, 0) is 37.1 Å². The van der Waals surface area contributed by atoms with Gasteiger partial charge in [0.2, 0.25) is 0 Å². The van der Waals surface area contributed by atoms with Crippen molar-refractivity contribution < 1.29 is 10.0 Å². The van der Waals surface area contributed by atoms with Gasteiger partial charge in [0.25, 0.3) is 5.91 Å². The van der Waals surface area contributed by atoms with Crippen molar-refractivity contribution in [3.63, 3.8) is 0 Å². The molecule has 0 bridgehead atoms. The van der Waals surface area contributed by atoms with Gasteiger partial charge in [-0.1, -0.05) is 29.6 Å². The van der Waals surface area contributed by atoms with Crippen molar-refractivity contribution >= 4 is 23.3 Å². The maximum Gasteiger partial charge on any atom is 0.252 e. The second-order valence-corrected chi connectivity index (χ2v) is 5.17. The standard InChI is InChI=1S/C13H16ClN3O2/c14-10-5-3-9(4-6-10)11(18)16-13(12(15)17-19)7-1-2-8-13/h3-6,19H,1-2,7-8H2,(H2,15,17)(H,16,18). The summed E-state index contributed by atoms with van der Waals surface area (Å²) in [5.74, 6) is -0.183. The zero-order valence-corrected chi connectivity index (χ0v) is 11.2. The fourth-order valence-electron chi connectivity index (χ4n) is 2.41. The van der Waals surface area contributed by atoms with Crippen LogP contribution in [-0.2, 0) is 0 Å². The molecule has 0 saturated heterocycles. The lowest BCUT2D eigenvalue weighted by atomic mass is 9.95. The molecule has 1 fully saturated rings. The molecule has 1 aromatic carbocycles. The van der Waals surface area contributed by atoms with E-state index < -0.39 is 5.54 Å². The van der Waals surface area contributed by atoms with Gasteiger partial charge < -0.3 is 16.3 Å². The van der Waals surface area contributed by atoms with Crippen molar-refractivity contribution in [1.29, 1.82) is 0 Å². The molecular formula is C13H16ClN3O2. The number of benzene rings is 1. The minimum atomic E-state index is -0.731. The Kier molecular flexibility index (Phi) is 3.95. The Morgan fingerprint density at radius 1 is 1.32 bits per heavy atom. The summed E-state index contributed by atoms with van der Waals surface area (Å²) in [5, 5.41) is 15.4. The van der Waals surface area contributed by atoms with Crippen LogP contribution in [0.1, 0.15) is 36.0 Å². The number of halogens is 1. The van der Waals surface area contributed by atoms with Gasteiger partial charge in [0.05, 0.1) is 0 Å². The lowest BCUT2D eigenvalue weighted by Crippen LogP contribution is -2.55. The van der Waals surface area contributed by atoms with E-state index in [0.29, 0.717) is 23.4 Å². The Labute approximate surface area is 116 Å². The highest BCUT2D eigenvalue weighted by Crippen LogP contribution is 2.30. The van der Waals surface area contributed by atoms with Gasteiger partial charge in [-0.2, -0.15) is 0 Å². The molecule has 6 heteroatoms. The van der Waals surface area contributed by atoms with Crippen LogP contribution < -0.4 is 11.1 Å². The number of amides is 1. The molecule has 0 spiro atoms. The summed E-state index contributed by atoms with van der Waals surface area (Å²) in [6, 6.07) is 6.60. The highest BCUT2D eigenvalue weighted by molar-refractivity contribution is 6.30. The van der Waals surface area contributed by atoms with Crippen LogP contribution in [0, 0.1) is 0 Å². The molecule has 1 saturated carbocycles. The molecule has 0 aliphatic heterocycles. The van der Waals surface area contributed by atoms with E-state index in [1.165, 1.54) is 0 Å². The van der Waals surface area contributed by atoms with Crippen molar-refractivity contribution in [3.05, 3.63) is 34.9 Å². The third-order valence-corrected chi connectivity index (χ3v) is 3.77. The zero-order chi connectivity index (χ0) is 13.9. The van der Waals surface area contributed by atoms with E-state index in [1.807, 2.05) is 0 Å². The summed E-state index contributed by atoms with van der Waals surface area (Å²) in [4.78, 5) is 12.2. The highest BCUT2D eigenvalue weighted by Gasteiger charge is 2.39. The van der Waals surface area contributed by atoms with E-state index in [4.69, 9.17) is 22.5 Å². The number of carbonyl (C=O) groups excluding carboxylic acids is 1. The van der Waals surface area contributed by atoms with Crippen LogP contribution in [0.15, 0.2) is 29.4 Å². The Morgan fingerprint density at radius 3 is 2.42 bits per heavy atom. The first-order chi connectivity index (χ1) is 9.07. The van der Waals surface area contributed by atoms with Crippen LogP contribution >= 0.6 is 11.6 Å². The number of carbonyl (C=O) groups is 1. The molecule has 1 aliphatic rings. The van der Waals surface area contributed by atoms with Gasteiger partial charge in [-0.25, -0.2) is 0 Å². The van der Waals surface area contributed by atoms with E-state index >= 15 is 0 Å². The van der Waals surface area contributed by atoms with Gasteiger partial charge in [-0.15, -0.1) is 0 Å². The molecule has 0 heterocycles. The second-order valence-electron chi connectivity index (χ2n) is 4.74. The van der Waals surface area contributed by atoms with Crippen LogP contribution in [0.5, 0.6) is 0 Å². The lowest BCUT2D eigenvalue weighted by Gasteiger charge is -2.28. The Hall–Kier alpha value is -1.75. The van der Waals surface area contributed by atoms with Gasteiger partial charge >= 0.3 is 0 Å². The summed E-state index contributed by atoms with van der Waals surface area (Å²) in [6.45, 7) is 0. The van der Waals surface area contributed by atoms with Crippen LogP contribution in [0.3, 0.4) is 0 Å². The smallest absolute Gasteiger partial charge is 0.252 e. The molecule has 1 amide bonds. The largest absolute Gasteiger partial charge is 0.409 e. The Balaban J connectivity index is 2.18. The fraction of sp³-hybridized carbons (Fsp3) is 0.385. The van der Waals surface area contributed by atoms with Crippen molar-refractivity contribution in [2.24, 2.45) is 10.9 Å². The number of hydrogen-bond donors (Lipinski definition) is 3. The first-order valence-electron chi connectivity index (χ1n) is 6.13. The molecule has 0 radical (unpaired) electrons. The minimum absolute atomic E-state index is 0.0623. The lowest BCUT2D eigenvalue weighted by molar-refractivity contribution is 0.0922. The monoisotopic (exact) mass is 281 g/mol. The second kappa shape index (κ2) is 5.48.